The number of aliphatic carboxylic acids is 1. The van der Waals surface area contributed by atoms with Gasteiger partial charge in [-0.15, -0.1) is 0 Å². The molecule has 0 heterocycles. The molecular weight excluding hydrogens is 254 g/mol. The molecule has 98 valence electrons. The first-order chi connectivity index (χ1) is 8.22. The van der Waals surface area contributed by atoms with Crippen LogP contribution in [-0.2, 0) is 16.0 Å². The summed E-state index contributed by atoms with van der Waals surface area (Å²) in [6.07, 6.45) is 0.0653. The molecule has 5 heteroatoms. The Morgan fingerprint density at radius 2 is 2.00 bits per heavy atom. The number of amides is 1. The molecule has 0 radical (unpaired) electrons. The third kappa shape index (κ3) is 3.74. The van der Waals surface area contributed by atoms with Gasteiger partial charge in [0.1, 0.15) is 5.54 Å². The van der Waals surface area contributed by atoms with E-state index < -0.39 is 11.5 Å². The Balaban J connectivity index is 2.74. The minimum absolute atomic E-state index is 0.0653. The average Bonchev–Trinajstić information content (AvgIpc) is 2.21. The molecule has 0 atom stereocenters. The number of nitrogens with one attached hydrogen (secondary N) is 1. The minimum Gasteiger partial charge on any atom is -0.480 e. The van der Waals surface area contributed by atoms with Crippen LogP contribution in [0.4, 0.5) is 0 Å². The summed E-state index contributed by atoms with van der Waals surface area (Å²) in [4.78, 5) is 22.6. The normalized spacial score (nSPS) is 11.1. The monoisotopic (exact) mass is 269 g/mol. The van der Waals surface area contributed by atoms with E-state index in [0.29, 0.717) is 10.6 Å². The summed E-state index contributed by atoms with van der Waals surface area (Å²) in [5, 5.41) is 11.9. The number of carboxylic acid groups (broad SMARTS) is 1. The minimum atomic E-state index is -1.28. The van der Waals surface area contributed by atoms with Gasteiger partial charge in [0.05, 0.1) is 6.42 Å². The van der Waals surface area contributed by atoms with Crippen molar-refractivity contribution in [3.8, 4) is 0 Å². The second-order valence-corrected chi connectivity index (χ2v) is 5.16. The molecule has 1 aromatic rings. The fourth-order valence-corrected chi connectivity index (χ4v) is 1.72. The van der Waals surface area contributed by atoms with E-state index in [1.54, 1.807) is 12.1 Å². The first kappa shape index (κ1) is 14.5. The number of benzene rings is 1. The number of hydrogen-bond acceptors (Lipinski definition) is 2. The van der Waals surface area contributed by atoms with Crippen LogP contribution in [0.15, 0.2) is 18.2 Å². The highest BCUT2D eigenvalue weighted by Crippen LogP contribution is 2.18. The number of carbonyl (C=O) groups excluding carboxylic acids is 1. The van der Waals surface area contributed by atoms with Crippen molar-refractivity contribution in [1.82, 2.24) is 5.32 Å². The highest BCUT2D eigenvalue weighted by molar-refractivity contribution is 6.31. The summed E-state index contributed by atoms with van der Waals surface area (Å²) in [6.45, 7) is 4.78. The molecule has 0 spiro atoms. The SMILES string of the molecule is Cc1ccc(CC(=O)NC(C)(C)C(=O)O)c(Cl)c1. The summed E-state index contributed by atoms with van der Waals surface area (Å²) in [7, 11) is 0. The molecule has 1 aromatic carbocycles. The molecule has 18 heavy (non-hydrogen) atoms. The molecule has 0 aliphatic carbocycles. The molecular formula is C13H16ClNO3. The van der Waals surface area contributed by atoms with Gasteiger partial charge in [0.25, 0.3) is 0 Å². The van der Waals surface area contributed by atoms with E-state index in [1.807, 2.05) is 13.0 Å². The van der Waals surface area contributed by atoms with Crippen LogP contribution < -0.4 is 5.32 Å². The average molecular weight is 270 g/mol. The lowest BCUT2D eigenvalue weighted by molar-refractivity contribution is -0.145. The van der Waals surface area contributed by atoms with Crippen molar-refractivity contribution >= 4 is 23.5 Å². The second kappa shape index (κ2) is 5.40. The molecule has 0 unspecified atom stereocenters. The quantitative estimate of drug-likeness (QED) is 0.880. The molecule has 0 aromatic heterocycles. The van der Waals surface area contributed by atoms with E-state index in [0.717, 1.165) is 5.56 Å². The Morgan fingerprint density at radius 3 is 2.50 bits per heavy atom. The van der Waals surface area contributed by atoms with Gasteiger partial charge >= 0.3 is 5.97 Å². The summed E-state index contributed by atoms with van der Waals surface area (Å²) in [6, 6.07) is 5.40. The van der Waals surface area contributed by atoms with Gasteiger partial charge in [0.2, 0.25) is 5.91 Å². The van der Waals surface area contributed by atoms with Gasteiger partial charge in [-0.2, -0.15) is 0 Å². The van der Waals surface area contributed by atoms with Gasteiger partial charge in [-0.25, -0.2) is 4.79 Å². The van der Waals surface area contributed by atoms with Crippen molar-refractivity contribution in [2.75, 3.05) is 0 Å². The Bertz CT molecular complexity index is 483. The summed E-state index contributed by atoms with van der Waals surface area (Å²) in [5.41, 5.74) is 0.407. The second-order valence-electron chi connectivity index (χ2n) is 4.75. The number of carboxylic acids is 1. The van der Waals surface area contributed by atoms with Gasteiger partial charge in [-0.1, -0.05) is 23.7 Å². The van der Waals surface area contributed by atoms with Crippen LogP contribution >= 0.6 is 11.6 Å². The largest absolute Gasteiger partial charge is 0.480 e. The Kier molecular flexibility index (Phi) is 4.35. The van der Waals surface area contributed by atoms with E-state index in [9.17, 15) is 9.59 Å². The fourth-order valence-electron chi connectivity index (χ4n) is 1.41. The molecule has 1 amide bonds. The topological polar surface area (TPSA) is 66.4 Å². The highest BCUT2D eigenvalue weighted by Gasteiger charge is 2.28. The lowest BCUT2D eigenvalue weighted by Crippen LogP contribution is -2.50. The number of halogens is 1. The maximum Gasteiger partial charge on any atom is 0.328 e. The Hall–Kier alpha value is -1.55. The molecule has 1 rings (SSSR count). The van der Waals surface area contributed by atoms with Crippen LogP contribution in [0.1, 0.15) is 25.0 Å². The van der Waals surface area contributed by atoms with Gasteiger partial charge in [-0.05, 0) is 38.0 Å². The maximum atomic E-state index is 11.7. The Morgan fingerprint density at radius 1 is 1.39 bits per heavy atom. The van der Waals surface area contributed by atoms with Crippen molar-refractivity contribution in [2.45, 2.75) is 32.7 Å². The third-order valence-electron chi connectivity index (χ3n) is 2.55. The first-order valence-corrected chi connectivity index (χ1v) is 5.89. The zero-order chi connectivity index (χ0) is 13.9. The molecule has 0 saturated heterocycles. The number of rotatable bonds is 4. The molecule has 0 fully saturated rings. The predicted molar refractivity (Wildman–Crippen MR) is 69.8 cm³/mol. The number of hydrogen-bond donors (Lipinski definition) is 2. The molecule has 4 nitrogen and oxygen atoms in total. The van der Waals surface area contributed by atoms with Crippen molar-refractivity contribution < 1.29 is 14.7 Å². The summed E-state index contributed by atoms with van der Waals surface area (Å²) in [5.74, 6) is -1.45. The molecule has 0 saturated carbocycles. The highest BCUT2D eigenvalue weighted by atomic mass is 35.5. The van der Waals surface area contributed by atoms with E-state index in [2.05, 4.69) is 5.32 Å². The lowest BCUT2D eigenvalue weighted by Gasteiger charge is -2.21. The molecule has 0 aliphatic heterocycles. The fraction of sp³-hybridized carbons (Fsp3) is 0.385. The van der Waals surface area contributed by atoms with Crippen molar-refractivity contribution in [3.63, 3.8) is 0 Å². The van der Waals surface area contributed by atoms with Gasteiger partial charge in [0.15, 0.2) is 0 Å². The van der Waals surface area contributed by atoms with Gasteiger partial charge < -0.3 is 10.4 Å². The standard InChI is InChI=1S/C13H16ClNO3/c1-8-4-5-9(10(14)6-8)7-11(16)15-13(2,3)12(17)18/h4-6H,7H2,1-3H3,(H,15,16)(H,17,18). The van der Waals surface area contributed by atoms with Crippen LogP contribution in [0.5, 0.6) is 0 Å². The predicted octanol–water partition coefficient (Wildman–Crippen LogP) is 2.17. The third-order valence-corrected chi connectivity index (χ3v) is 2.90. The van der Waals surface area contributed by atoms with Gasteiger partial charge in [0, 0.05) is 5.02 Å². The lowest BCUT2D eigenvalue weighted by atomic mass is 10.0. The van der Waals surface area contributed by atoms with Gasteiger partial charge in [-0.3, -0.25) is 4.79 Å². The van der Waals surface area contributed by atoms with Crippen molar-refractivity contribution in [3.05, 3.63) is 34.3 Å². The van der Waals surface area contributed by atoms with Crippen LogP contribution in [0.2, 0.25) is 5.02 Å². The zero-order valence-electron chi connectivity index (χ0n) is 10.6. The van der Waals surface area contributed by atoms with Crippen LogP contribution in [-0.4, -0.2) is 22.5 Å². The number of carbonyl (C=O) groups is 2. The summed E-state index contributed by atoms with van der Waals surface area (Å²) >= 11 is 6.01. The first-order valence-electron chi connectivity index (χ1n) is 5.52. The van der Waals surface area contributed by atoms with Crippen LogP contribution in [0.25, 0.3) is 0 Å². The smallest absolute Gasteiger partial charge is 0.328 e. The van der Waals surface area contributed by atoms with E-state index in [4.69, 9.17) is 16.7 Å². The van der Waals surface area contributed by atoms with Crippen molar-refractivity contribution in [2.24, 2.45) is 0 Å². The molecule has 0 bridgehead atoms. The maximum absolute atomic E-state index is 11.7. The van der Waals surface area contributed by atoms with E-state index in [1.165, 1.54) is 13.8 Å². The summed E-state index contributed by atoms with van der Waals surface area (Å²) < 4.78 is 0. The molecule has 0 aliphatic rings. The Labute approximate surface area is 111 Å². The van der Waals surface area contributed by atoms with Crippen LogP contribution in [0, 0.1) is 6.92 Å². The van der Waals surface area contributed by atoms with Crippen LogP contribution in [0.3, 0.4) is 0 Å². The zero-order valence-corrected chi connectivity index (χ0v) is 11.3. The number of aryl methyl sites for hydroxylation is 1. The van der Waals surface area contributed by atoms with E-state index in [-0.39, 0.29) is 12.3 Å². The molecule has 2 N–H and O–H groups in total. The van der Waals surface area contributed by atoms with E-state index >= 15 is 0 Å². The van der Waals surface area contributed by atoms with Crippen molar-refractivity contribution in [1.29, 1.82) is 0 Å².